The number of anilines is 1. The molecule has 3 aromatic rings. The molecule has 9 heteroatoms. The maximum Gasteiger partial charge on any atom is 0.252 e. The van der Waals surface area contributed by atoms with Crippen LogP contribution in [0.4, 0.5) is 10.1 Å². The summed E-state index contributed by atoms with van der Waals surface area (Å²) in [5.41, 5.74) is 8.54. The molecule has 0 atom stereocenters. The number of pyridine rings is 1. The van der Waals surface area contributed by atoms with Crippen molar-refractivity contribution < 1.29 is 14.0 Å². The lowest BCUT2D eigenvalue weighted by molar-refractivity contribution is -0.119. The summed E-state index contributed by atoms with van der Waals surface area (Å²) in [5, 5.41) is 7.38. The molecule has 3 aromatic heterocycles. The van der Waals surface area contributed by atoms with Gasteiger partial charge in [0.05, 0.1) is 29.2 Å². The SMILES string of the molecule is CC(=O)NC1CCC(N(c2c(C(N)=O)cnn3cc(-c4ccncc4F)cc23)C(C)C)CC1. The first-order chi connectivity index (χ1) is 15.8. The quantitative estimate of drug-likeness (QED) is 0.597. The summed E-state index contributed by atoms with van der Waals surface area (Å²) in [5.74, 6) is -1.01. The highest BCUT2D eigenvalue weighted by molar-refractivity contribution is 6.02. The van der Waals surface area contributed by atoms with Gasteiger partial charge < -0.3 is 16.0 Å². The molecule has 3 N–H and O–H groups in total. The molecule has 0 aromatic carbocycles. The first-order valence-corrected chi connectivity index (χ1v) is 11.2. The minimum absolute atomic E-state index is 0.0184. The van der Waals surface area contributed by atoms with E-state index in [0.717, 1.165) is 25.7 Å². The van der Waals surface area contributed by atoms with E-state index in [1.165, 1.54) is 25.5 Å². The highest BCUT2D eigenvalue weighted by Gasteiger charge is 2.32. The van der Waals surface area contributed by atoms with Crippen LogP contribution < -0.4 is 16.0 Å². The van der Waals surface area contributed by atoms with Crippen molar-refractivity contribution in [2.45, 2.75) is 64.6 Å². The van der Waals surface area contributed by atoms with Crippen molar-refractivity contribution >= 4 is 23.0 Å². The highest BCUT2D eigenvalue weighted by atomic mass is 19.1. The molecule has 1 aliphatic rings. The van der Waals surface area contributed by atoms with Gasteiger partial charge in [-0.2, -0.15) is 5.10 Å². The van der Waals surface area contributed by atoms with Gasteiger partial charge in [0.2, 0.25) is 5.91 Å². The summed E-state index contributed by atoms with van der Waals surface area (Å²) in [7, 11) is 0. The van der Waals surface area contributed by atoms with Gasteiger partial charge in [-0.25, -0.2) is 8.91 Å². The number of fused-ring (bicyclic) bond motifs is 1. The fraction of sp³-hybridized carbons (Fsp3) is 0.417. The van der Waals surface area contributed by atoms with Crippen LogP contribution in [0, 0.1) is 5.82 Å². The van der Waals surface area contributed by atoms with E-state index in [-0.39, 0.29) is 24.0 Å². The fourth-order valence-electron chi connectivity index (χ4n) is 4.90. The number of nitrogens with one attached hydrogen (secondary N) is 1. The predicted octanol–water partition coefficient (Wildman–Crippen LogP) is 3.30. The Morgan fingerprint density at radius 1 is 1.24 bits per heavy atom. The molecule has 0 spiro atoms. The zero-order valence-corrected chi connectivity index (χ0v) is 19.1. The number of nitrogens with zero attached hydrogens (tertiary/aromatic N) is 4. The third-order valence-electron chi connectivity index (χ3n) is 6.27. The van der Waals surface area contributed by atoms with Crippen molar-refractivity contribution in [3.63, 3.8) is 0 Å². The number of primary amides is 1. The molecule has 1 aliphatic carbocycles. The number of carbonyl (C=O) groups is 2. The molecule has 4 rings (SSSR count). The van der Waals surface area contributed by atoms with Crippen molar-refractivity contribution in [2.75, 3.05) is 4.90 Å². The van der Waals surface area contributed by atoms with Gasteiger partial charge in [0, 0.05) is 48.6 Å². The lowest BCUT2D eigenvalue weighted by atomic mass is 9.88. The van der Waals surface area contributed by atoms with E-state index >= 15 is 0 Å². The number of nitrogens with two attached hydrogens (primary N) is 1. The number of carbonyl (C=O) groups excluding carboxylic acids is 2. The Hall–Kier alpha value is -3.49. The summed E-state index contributed by atoms with van der Waals surface area (Å²) in [6.07, 6.45) is 9.38. The molecule has 0 radical (unpaired) electrons. The van der Waals surface area contributed by atoms with E-state index in [4.69, 9.17) is 5.73 Å². The van der Waals surface area contributed by atoms with Crippen LogP contribution in [0.5, 0.6) is 0 Å². The molecule has 1 saturated carbocycles. The monoisotopic (exact) mass is 452 g/mol. The Morgan fingerprint density at radius 3 is 2.58 bits per heavy atom. The molecular weight excluding hydrogens is 423 g/mol. The van der Waals surface area contributed by atoms with Crippen molar-refractivity contribution in [1.82, 2.24) is 19.9 Å². The maximum atomic E-state index is 14.4. The Labute approximate surface area is 192 Å². The van der Waals surface area contributed by atoms with Crippen molar-refractivity contribution in [2.24, 2.45) is 5.73 Å². The molecule has 174 valence electrons. The zero-order chi connectivity index (χ0) is 23.7. The smallest absolute Gasteiger partial charge is 0.252 e. The number of halogens is 1. The molecule has 0 aliphatic heterocycles. The van der Waals surface area contributed by atoms with E-state index in [2.05, 4.69) is 34.1 Å². The molecule has 8 nitrogen and oxygen atoms in total. The average molecular weight is 453 g/mol. The number of hydrogen-bond acceptors (Lipinski definition) is 5. The summed E-state index contributed by atoms with van der Waals surface area (Å²) < 4.78 is 16.1. The maximum absolute atomic E-state index is 14.4. The summed E-state index contributed by atoms with van der Waals surface area (Å²) in [6.45, 7) is 5.69. The number of amides is 2. The normalized spacial score (nSPS) is 18.5. The van der Waals surface area contributed by atoms with Crippen LogP contribution in [-0.4, -0.2) is 44.5 Å². The largest absolute Gasteiger partial charge is 0.365 e. The number of hydrogen-bond donors (Lipinski definition) is 2. The Morgan fingerprint density at radius 2 is 1.97 bits per heavy atom. The van der Waals surface area contributed by atoms with Gasteiger partial charge in [0.1, 0.15) is 5.82 Å². The summed E-state index contributed by atoms with van der Waals surface area (Å²) >= 11 is 0. The number of rotatable bonds is 6. The molecule has 3 heterocycles. The van der Waals surface area contributed by atoms with E-state index in [0.29, 0.717) is 27.9 Å². The lowest BCUT2D eigenvalue weighted by Gasteiger charge is -2.41. The van der Waals surface area contributed by atoms with Crippen LogP contribution in [0.3, 0.4) is 0 Å². The van der Waals surface area contributed by atoms with Crippen molar-refractivity contribution in [3.05, 3.63) is 48.3 Å². The van der Waals surface area contributed by atoms with Crippen LogP contribution in [0.25, 0.3) is 16.6 Å². The van der Waals surface area contributed by atoms with Gasteiger partial charge in [-0.05, 0) is 51.7 Å². The molecule has 33 heavy (non-hydrogen) atoms. The van der Waals surface area contributed by atoms with Gasteiger partial charge in [-0.1, -0.05) is 0 Å². The van der Waals surface area contributed by atoms with Gasteiger partial charge in [-0.15, -0.1) is 0 Å². The van der Waals surface area contributed by atoms with Gasteiger partial charge in [-0.3, -0.25) is 14.6 Å². The molecule has 0 unspecified atom stereocenters. The Balaban J connectivity index is 1.79. The Bertz CT molecular complexity index is 1180. The third kappa shape index (κ3) is 4.53. The second-order valence-electron chi connectivity index (χ2n) is 8.89. The first-order valence-electron chi connectivity index (χ1n) is 11.2. The third-order valence-corrected chi connectivity index (χ3v) is 6.27. The standard InChI is InChI=1S/C24H29FN6O2/c1-14(2)31(18-6-4-17(5-7-18)29-15(3)32)23-20(24(26)33)11-28-30-13-16(10-22(23)30)19-8-9-27-12-21(19)25/h8-14,17-18H,4-7H2,1-3H3,(H2,26,33)(H,29,32). The minimum Gasteiger partial charge on any atom is -0.365 e. The predicted molar refractivity (Wildman–Crippen MR) is 124 cm³/mol. The zero-order valence-electron chi connectivity index (χ0n) is 19.1. The highest BCUT2D eigenvalue weighted by Crippen LogP contribution is 2.36. The molecule has 2 amide bonds. The van der Waals surface area contributed by atoms with Gasteiger partial charge >= 0.3 is 0 Å². The van der Waals surface area contributed by atoms with E-state index in [9.17, 15) is 14.0 Å². The van der Waals surface area contributed by atoms with Crippen LogP contribution in [0.2, 0.25) is 0 Å². The lowest BCUT2D eigenvalue weighted by Crippen LogP contribution is -2.47. The van der Waals surface area contributed by atoms with Crippen molar-refractivity contribution in [3.8, 4) is 11.1 Å². The molecule has 1 fully saturated rings. The number of aromatic nitrogens is 3. The molecule has 0 bridgehead atoms. The minimum atomic E-state index is -0.560. The van der Waals surface area contributed by atoms with Crippen LogP contribution in [0.15, 0.2) is 36.9 Å². The van der Waals surface area contributed by atoms with Crippen molar-refractivity contribution in [1.29, 1.82) is 0 Å². The van der Waals surface area contributed by atoms with Crippen LogP contribution >= 0.6 is 0 Å². The van der Waals surface area contributed by atoms with E-state index in [1.54, 1.807) is 16.8 Å². The summed E-state index contributed by atoms with van der Waals surface area (Å²) in [6, 6.07) is 3.85. The van der Waals surface area contributed by atoms with E-state index in [1.807, 2.05) is 6.07 Å². The van der Waals surface area contributed by atoms with Gasteiger partial charge in [0.25, 0.3) is 5.91 Å². The average Bonchev–Trinajstić information content (AvgIpc) is 3.19. The van der Waals surface area contributed by atoms with Crippen LogP contribution in [0.1, 0.15) is 56.8 Å². The topological polar surface area (TPSA) is 106 Å². The summed E-state index contributed by atoms with van der Waals surface area (Å²) in [4.78, 5) is 29.9. The first kappa shape index (κ1) is 22.7. The van der Waals surface area contributed by atoms with Crippen LogP contribution in [-0.2, 0) is 4.79 Å². The fourth-order valence-corrected chi connectivity index (χ4v) is 4.90. The second-order valence-corrected chi connectivity index (χ2v) is 8.89. The molecule has 0 saturated heterocycles. The van der Waals surface area contributed by atoms with Gasteiger partial charge in [0.15, 0.2) is 0 Å². The Kier molecular flexibility index (Phi) is 6.31. The van der Waals surface area contributed by atoms with E-state index < -0.39 is 11.7 Å². The molecular formula is C24H29FN6O2. The second kappa shape index (κ2) is 9.17.